The van der Waals surface area contributed by atoms with E-state index in [9.17, 15) is 18.8 Å². The normalized spacial score (nSPS) is 17.6. The molecule has 0 N–H and O–H groups in total. The summed E-state index contributed by atoms with van der Waals surface area (Å²) < 4.78 is 20.3. The lowest BCUT2D eigenvalue weighted by Crippen LogP contribution is -2.52. The second kappa shape index (κ2) is 8.74. The molecule has 2 aliphatic rings. The van der Waals surface area contributed by atoms with Gasteiger partial charge in [-0.1, -0.05) is 78.4 Å². The zero-order valence-electron chi connectivity index (χ0n) is 21.6. The zero-order chi connectivity index (χ0) is 27.6. The topological polar surface area (TPSA) is 70.8 Å². The highest BCUT2D eigenvalue weighted by Gasteiger charge is 2.64. The molecule has 2 aliphatic heterocycles. The molecule has 1 unspecified atom stereocenters. The molecule has 0 saturated carbocycles. The van der Waals surface area contributed by atoms with Gasteiger partial charge in [-0.05, 0) is 42.3 Å². The molecule has 0 bridgehead atoms. The van der Waals surface area contributed by atoms with Gasteiger partial charge < -0.3 is 14.2 Å². The Morgan fingerprint density at radius 3 is 2.27 bits per heavy atom. The first kappa shape index (κ1) is 24.0. The number of hydrogen-bond donors (Lipinski definition) is 0. The maximum absolute atomic E-state index is 14.8. The maximum Gasteiger partial charge on any atom is 0.291 e. The molecular weight excluding hydrogens is 507 g/mol. The van der Waals surface area contributed by atoms with Crippen molar-refractivity contribution in [1.82, 2.24) is 4.90 Å². The van der Waals surface area contributed by atoms with Crippen LogP contribution >= 0.6 is 0 Å². The lowest BCUT2D eigenvalue weighted by Gasteiger charge is -2.34. The van der Waals surface area contributed by atoms with Gasteiger partial charge in [0, 0.05) is 12.1 Å². The summed E-state index contributed by atoms with van der Waals surface area (Å²) in [7, 11) is 0. The molecule has 4 aromatic carbocycles. The van der Waals surface area contributed by atoms with E-state index in [0.29, 0.717) is 11.3 Å². The lowest BCUT2D eigenvalue weighted by atomic mass is 9.83. The van der Waals surface area contributed by atoms with Gasteiger partial charge in [-0.2, -0.15) is 0 Å². The van der Waals surface area contributed by atoms with E-state index in [1.807, 2.05) is 73.7 Å². The molecule has 7 heteroatoms. The van der Waals surface area contributed by atoms with Crippen molar-refractivity contribution in [3.05, 3.63) is 147 Å². The fourth-order valence-corrected chi connectivity index (χ4v) is 5.98. The molecule has 0 radical (unpaired) electrons. The van der Waals surface area contributed by atoms with Gasteiger partial charge in [-0.15, -0.1) is 0 Å². The Morgan fingerprint density at radius 1 is 0.800 bits per heavy atom. The number of fused-ring (bicyclic) bond motifs is 5. The standard InChI is InChI=1S/C33H23FN2O4/c1-20-11-13-22(14-12-20)18-35-26-10-6-5-9-25(26)33(32(35)39)28-29(37)24-17-23(34)15-16-27(24)40-30(28)31(38)36(33)19-21-7-3-2-4-8-21/h2-17H,18-19H2,1H3. The molecule has 5 aromatic rings. The van der Waals surface area contributed by atoms with Crippen molar-refractivity contribution in [3.8, 4) is 0 Å². The van der Waals surface area contributed by atoms with Crippen molar-refractivity contribution in [2.45, 2.75) is 25.6 Å². The van der Waals surface area contributed by atoms with E-state index in [1.54, 1.807) is 17.0 Å². The van der Waals surface area contributed by atoms with Gasteiger partial charge in [0.2, 0.25) is 5.76 Å². The number of hydrogen-bond acceptors (Lipinski definition) is 4. The van der Waals surface area contributed by atoms with Crippen molar-refractivity contribution in [2.24, 2.45) is 0 Å². The van der Waals surface area contributed by atoms with Gasteiger partial charge in [-0.25, -0.2) is 4.39 Å². The Labute approximate surface area is 228 Å². The molecule has 196 valence electrons. The van der Waals surface area contributed by atoms with Crippen LogP contribution in [-0.2, 0) is 23.4 Å². The Kier molecular flexibility index (Phi) is 5.25. The lowest BCUT2D eigenvalue weighted by molar-refractivity contribution is -0.126. The third kappa shape index (κ3) is 3.30. The summed E-state index contributed by atoms with van der Waals surface area (Å²) in [5.74, 6) is -1.80. The highest BCUT2D eigenvalue weighted by Crippen LogP contribution is 2.53. The molecule has 0 aliphatic carbocycles. The third-order valence-electron chi connectivity index (χ3n) is 7.84. The fraction of sp³-hybridized carbons (Fsp3) is 0.121. The van der Waals surface area contributed by atoms with Gasteiger partial charge in [0.15, 0.2) is 11.0 Å². The van der Waals surface area contributed by atoms with E-state index in [0.717, 1.165) is 22.8 Å². The molecule has 1 aromatic heterocycles. The number of amides is 2. The summed E-state index contributed by atoms with van der Waals surface area (Å²) in [5, 5.41) is -0.0187. The van der Waals surface area contributed by atoms with Gasteiger partial charge in [0.05, 0.1) is 23.2 Å². The number of aryl methyl sites for hydroxylation is 1. The van der Waals surface area contributed by atoms with Crippen LogP contribution in [0.25, 0.3) is 11.0 Å². The largest absolute Gasteiger partial charge is 0.450 e. The third-order valence-corrected chi connectivity index (χ3v) is 7.84. The second-order valence-electron chi connectivity index (χ2n) is 10.3. The quantitative estimate of drug-likeness (QED) is 0.300. The summed E-state index contributed by atoms with van der Waals surface area (Å²) in [6, 6.07) is 28.0. The van der Waals surface area contributed by atoms with Crippen molar-refractivity contribution in [3.63, 3.8) is 0 Å². The Bertz CT molecular complexity index is 1900. The Hall–Kier alpha value is -5.04. The highest BCUT2D eigenvalue weighted by atomic mass is 19.1. The molecule has 1 spiro atoms. The summed E-state index contributed by atoms with van der Waals surface area (Å²) in [6.45, 7) is 2.30. The number of halogens is 1. The molecule has 0 fully saturated rings. The van der Waals surface area contributed by atoms with E-state index in [2.05, 4.69) is 0 Å². The smallest absolute Gasteiger partial charge is 0.291 e. The summed E-state index contributed by atoms with van der Waals surface area (Å²) in [4.78, 5) is 46.1. The molecule has 7 rings (SSSR count). The van der Waals surface area contributed by atoms with Crippen molar-refractivity contribution in [2.75, 3.05) is 4.90 Å². The van der Waals surface area contributed by atoms with Crippen LogP contribution in [0.5, 0.6) is 0 Å². The molecular formula is C33H23FN2O4. The second-order valence-corrected chi connectivity index (χ2v) is 10.3. The number of para-hydroxylation sites is 1. The molecule has 6 nitrogen and oxygen atoms in total. The van der Waals surface area contributed by atoms with Crippen LogP contribution in [0.3, 0.4) is 0 Å². The average Bonchev–Trinajstić information content (AvgIpc) is 3.35. The highest BCUT2D eigenvalue weighted by molar-refractivity contribution is 6.17. The van der Waals surface area contributed by atoms with Gasteiger partial charge in [0.1, 0.15) is 11.4 Å². The first-order valence-corrected chi connectivity index (χ1v) is 13.0. The van der Waals surface area contributed by atoms with Crippen molar-refractivity contribution < 1.29 is 18.4 Å². The van der Waals surface area contributed by atoms with E-state index < -0.39 is 28.6 Å². The van der Waals surface area contributed by atoms with Crippen molar-refractivity contribution >= 4 is 28.5 Å². The van der Waals surface area contributed by atoms with E-state index in [1.165, 1.54) is 17.0 Å². The minimum Gasteiger partial charge on any atom is -0.450 e. The van der Waals surface area contributed by atoms with Crippen LogP contribution in [0.1, 0.15) is 38.4 Å². The summed E-state index contributed by atoms with van der Waals surface area (Å²) >= 11 is 0. The maximum atomic E-state index is 14.8. The van der Waals surface area contributed by atoms with Crippen LogP contribution in [0.4, 0.5) is 10.1 Å². The van der Waals surface area contributed by atoms with Crippen molar-refractivity contribution in [1.29, 1.82) is 0 Å². The molecule has 3 heterocycles. The first-order chi connectivity index (χ1) is 19.4. The van der Waals surface area contributed by atoms with E-state index in [4.69, 9.17) is 4.42 Å². The fourth-order valence-electron chi connectivity index (χ4n) is 5.98. The minimum atomic E-state index is -1.77. The average molecular weight is 531 g/mol. The van der Waals surface area contributed by atoms with E-state index in [-0.39, 0.29) is 35.4 Å². The van der Waals surface area contributed by atoms with E-state index >= 15 is 0 Å². The number of carbonyl (C=O) groups is 2. The minimum absolute atomic E-state index is 0.0187. The van der Waals surface area contributed by atoms with Crippen LogP contribution < -0.4 is 10.3 Å². The van der Waals surface area contributed by atoms with Crippen LogP contribution in [0, 0.1) is 12.7 Å². The van der Waals surface area contributed by atoms with Gasteiger partial charge >= 0.3 is 0 Å². The number of benzene rings is 4. The molecule has 2 amide bonds. The Balaban J connectivity index is 1.51. The number of anilines is 1. The molecule has 40 heavy (non-hydrogen) atoms. The number of rotatable bonds is 4. The summed E-state index contributed by atoms with van der Waals surface area (Å²) in [6.07, 6.45) is 0. The predicted molar refractivity (Wildman–Crippen MR) is 148 cm³/mol. The van der Waals surface area contributed by atoms with Gasteiger partial charge in [0.25, 0.3) is 11.8 Å². The number of nitrogens with zero attached hydrogens (tertiary/aromatic N) is 2. The first-order valence-electron chi connectivity index (χ1n) is 13.0. The predicted octanol–water partition coefficient (Wildman–Crippen LogP) is 5.69. The summed E-state index contributed by atoms with van der Waals surface area (Å²) in [5.41, 5.74) is 1.54. The Morgan fingerprint density at radius 2 is 1.50 bits per heavy atom. The zero-order valence-corrected chi connectivity index (χ0v) is 21.6. The molecule has 0 saturated heterocycles. The molecule has 1 atom stereocenters. The van der Waals surface area contributed by atoms with Crippen LogP contribution in [-0.4, -0.2) is 16.7 Å². The van der Waals surface area contributed by atoms with Crippen LogP contribution in [0.2, 0.25) is 0 Å². The van der Waals surface area contributed by atoms with Gasteiger partial charge in [-0.3, -0.25) is 14.4 Å². The SMILES string of the molecule is Cc1ccc(CN2C(=O)C3(c4ccccc42)c2c(oc4ccc(F)cc4c2=O)C(=O)N3Cc2ccccc2)cc1. The number of carbonyl (C=O) groups excluding carboxylic acids is 2. The van der Waals surface area contributed by atoms with Crippen LogP contribution in [0.15, 0.2) is 106 Å². The monoisotopic (exact) mass is 530 g/mol.